The second kappa shape index (κ2) is 4.94. The Morgan fingerprint density at radius 1 is 1.41 bits per heavy atom. The molecule has 1 fully saturated rings. The van der Waals surface area contributed by atoms with E-state index in [1.54, 1.807) is 0 Å². The standard InChI is InChI=1S/C11H15F3N2S/c1-2-15-6-8-10(7-3-4-7)16-9(17-8)5-11(12,13)14/h7,15H,2-6H2,1H3. The lowest BCUT2D eigenvalue weighted by Crippen LogP contribution is -2.11. The summed E-state index contributed by atoms with van der Waals surface area (Å²) in [6.45, 7) is 3.43. The van der Waals surface area contributed by atoms with Gasteiger partial charge in [0.05, 0.1) is 12.1 Å². The Morgan fingerprint density at radius 3 is 2.65 bits per heavy atom. The molecule has 96 valence electrons. The van der Waals surface area contributed by atoms with Gasteiger partial charge in [0.15, 0.2) is 0 Å². The van der Waals surface area contributed by atoms with Crippen molar-refractivity contribution in [3.05, 3.63) is 15.6 Å². The molecule has 6 heteroatoms. The van der Waals surface area contributed by atoms with Crippen LogP contribution in [0.3, 0.4) is 0 Å². The molecule has 1 N–H and O–H groups in total. The van der Waals surface area contributed by atoms with Gasteiger partial charge in [0.2, 0.25) is 0 Å². The fourth-order valence-electron chi connectivity index (χ4n) is 1.70. The number of nitrogens with zero attached hydrogens (tertiary/aromatic N) is 1. The molecular weight excluding hydrogens is 249 g/mol. The molecule has 1 saturated carbocycles. The van der Waals surface area contributed by atoms with Crippen LogP contribution in [0.1, 0.15) is 41.3 Å². The smallest absolute Gasteiger partial charge is 0.312 e. The minimum Gasteiger partial charge on any atom is -0.312 e. The molecular formula is C11H15F3N2S. The van der Waals surface area contributed by atoms with Crippen LogP contribution in [0.15, 0.2) is 0 Å². The van der Waals surface area contributed by atoms with Crippen molar-refractivity contribution in [1.82, 2.24) is 10.3 Å². The van der Waals surface area contributed by atoms with Gasteiger partial charge in [0.25, 0.3) is 0 Å². The molecule has 1 heterocycles. The van der Waals surface area contributed by atoms with E-state index < -0.39 is 12.6 Å². The van der Waals surface area contributed by atoms with Crippen LogP contribution < -0.4 is 5.32 Å². The Hall–Kier alpha value is -0.620. The van der Waals surface area contributed by atoms with Gasteiger partial charge in [-0.1, -0.05) is 6.92 Å². The van der Waals surface area contributed by atoms with Crippen LogP contribution in [0, 0.1) is 0 Å². The highest BCUT2D eigenvalue weighted by molar-refractivity contribution is 7.11. The third-order valence-corrected chi connectivity index (χ3v) is 3.69. The van der Waals surface area contributed by atoms with E-state index in [0.717, 1.165) is 30.0 Å². The van der Waals surface area contributed by atoms with Gasteiger partial charge in [-0.2, -0.15) is 13.2 Å². The first-order valence-electron chi connectivity index (χ1n) is 5.75. The third kappa shape index (κ3) is 3.67. The number of thiazole rings is 1. The number of nitrogens with one attached hydrogen (secondary N) is 1. The quantitative estimate of drug-likeness (QED) is 0.883. The third-order valence-electron chi connectivity index (χ3n) is 2.62. The molecule has 1 aliphatic rings. The van der Waals surface area contributed by atoms with Gasteiger partial charge in [-0.15, -0.1) is 11.3 Å². The van der Waals surface area contributed by atoms with Crippen LogP contribution in [0.5, 0.6) is 0 Å². The summed E-state index contributed by atoms with van der Waals surface area (Å²) in [5, 5.41) is 3.35. The van der Waals surface area contributed by atoms with E-state index in [1.807, 2.05) is 6.92 Å². The molecule has 0 radical (unpaired) electrons. The van der Waals surface area contributed by atoms with E-state index in [-0.39, 0.29) is 5.01 Å². The van der Waals surface area contributed by atoms with Crippen molar-refractivity contribution in [2.45, 2.75) is 44.8 Å². The minimum absolute atomic E-state index is 0.201. The Kier molecular flexibility index (Phi) is 3.73. The van der Waals surface area contributed by atoms with Crippen molar-refractivity contribution >= 4 is 11.3 Å². The van der Waals surface area contributed by atoms with Gasteiger partial charge in [-0.25, -0.2) is 4.98 Å². The molecule has 17 heavy (non-hydrogen) atoms. The maximum atomic E-state index is 12.3. The van der Waals surface area contributed by atoms with E-state index in [1.165, 1.54) is 11.3 Å². The van der Waals surface area contributed by atoms with Crippen molar-refractivity contribution in [2.75, 3.05) is 6.54 Å². The van der Waals surface area contributed by atoms with Crippen molar-refractivity contribution in [3.8, 4) is 0 Å². The number of rotatable bonds is 5. The van der Waals surface area contributed by atoms with Crippen LogP contribution in [0.4, 0.5) is 13.2 Å². The summed E-state index contributed by atoms with van der Waals surface area (Å²) >= 11 is 1.20. The van der Waals surface area contributed by atoms with Crippen LogP contribution in [-0.4, -0.2) is 17.7 Å². The largest absolute Gasteiger partial charge is 0.395 e. The first-order chi connectivity index (χ1) is 7.99. The number of alkyl halides is 3. The van der Waals surface area contributed by atoms with Gasteiger partial charge in [-0.05, 0) is 19.4 Å². The molecule has 0 saturated heterocycles. The van der Waals surface area contributed by atoms with Crippen LogP contribution in [-0.2, 0) is 13.0 Å². The summed E-state index contributed by atoms with van der Waals surface area (Å²) in [6.07, 6.45) is -2.93. The fraction of sp³-hybridized carbons (Fsp3) is 0.727. The van der Waals surface area contributed by atoms with E-state index in [0.29, 0.717) is 12.5 Å². The maximum Gasteiger partial charge on any atom is 0.395 e. The highest BCUT2D eigenvalue weighted by atomic mass is 32.1. The zero-order chi connectivity index (χ0) is 12.5. The van der Waals surface area contributed by atoms with Crippen molar-refractivity contribution in [1.29, 1.82) is 0 Å². The first-order valence-corrected chi connectivity index (χ1v) is 6.57. The van der Waals surface area contributed by atoms with E-state index in [9.17, 15) is 13.2 Å². The second-order valence-electron chi connectivity index (χ2n) is 4.26. The van der Waals surface area contributed by atoms with Crippen LogP contribution in [0.25, 0.3) is 0 Å². The monoisotopic (exact) mass is 264 g/mol. The molecule has 0 spiro atoms. The zero-order valence-corrected chi connectivity index (χ0v) is 10.4. The predicted octanol–water partition coefficient (Wildman–Crippen LogP) is 3.23. The van der Waals surface area contributed by atoms with Gasteiger partial charge in [0, 0.05) is 17.3 Å². The number of hydrogen-bond donors (Lipinski definition) is 1. The molecule has 0 atom stereocenters. The van der Waals surface area contributed by atoms with Crippen molar-refractivity contribution in [3.63, 3.8) is 0 Å². The molecule has 0 bridgehead atoms. The Labute approximate surface area is 102 Å². The average Bonchev–Trinajstić information content (AvgIpc) is 2.97. The van der Waals surface area contributed by atoms with Gasteiger partial charge >= 0.3 is 6.18 Å². The van der Waals surface area contributed by atoms with Crippen molar-refractivity contribution < 1.29 is 13.2 Å². The number of aromatic nitrogens is 1. The number of halogens is 3. The lowest BCUT2D eigenvalue weighted by molar-refractivity contribution is -0.127. The highest BCUT2D eigenvalue weighted by Gasteiger charge is 2.33. The summed E-state index contributed by atoms with van der Waals surface area (Å²) in [6, 6.07) is 0. The Balaban J connectivity index is 2.12. The lowest BCUT2D eigenvalue weighted by atomic mass is 10.2. The molecule has 0 unspecified atom stereocenters. The summed E-state index contributed by atoms with van der Waals surface area (Å²) in [4.78, 5) is 5.15. The van der Waals surface area contributed by atoms with Gasteiger partial charge in [0.1, 0.15) is 5.01 Å². The lowest BCUT2D eigenvalue weighted by Gasteiger charge is -2.01. The van der Waals surface area contributed by atoms with Crippen LogP contribution >= 0.6 is 11.3 Å². The van der Waals surface area contributed by atoms with E-state index in [4.69, 9.17) is 0 Å². The summed E-state index contributed by atoms with van der Waals surface area (Å²) < 4.78 is 36.9. The minimum atomic E-state index is -4.16. The molecule has 0 aromatic carbocycles. The molecule has 0 amide bonds. The normalized spacial score (nSPS) is 16.5. The van der Waals surface area contributed by atoms with E-state index >= 15 is 0 Å². The average molecular weight is 264 g/mol. The second-order valence-corrected chi connectivity index (χ2v) is 5.43. The fourth-order valence-corrected chi connectivity index (χ4v) is 2.86. The molecule has 1 aromatic rings. The Bertz CT molecular complexity index is 383. The molecule has 0 aliphatic heterocycles. The highest BCUT2D eigenvalue weighted by Crippen LogP contribution is 2.43. The number of hydrogen-bond acceptors (Lipinski definition) is 3. The Morgan fingerprint density at radius 2 is 2.12 bits per heavy atom. The summed E-state index contributed by atoms with van der Waals surface area (Å²) in [5.74, 6) is 0.405. The van der Waals surface area contributed by atoms with E-state index in [2.05, 4.69) is 10.3 Å². The SMILES string of the molecule is CCNCc1sc(CC(F)(F)F)nc1C1CC1. The molecule has 1 aliphatic carbocycles. The summed E-state index contributed by atoms with van der Waals surface area (Å²) in [7, 11) is 0. The predicted molar refractivity (Wildman–Crippen MR) is 61.2 cm³/mol. The van der Waals surface area contributed by atoms with Gasteiger partial charge < -0.3 is 5.32 Å². The topological polar surface area (TPSA) is 24.9 Å². The molecule has 2 nitrogen and oxygen atoms in total. The zero-order valence-electron chi connectivity index (χ0n) is 9.60. The molecule has 2 rings (SSSR count). The maximum absolute atomic E-state index is 12.3. The first kappa shape index (κ1) is 12.8. The van der Waals surface area contributed by atoms with Crippen molar-refractivity contribution in [2.24, 2.45) is 0 Å². The summed E-state index contributed by atoms with van der Waals surface area (Å²) in [5.41, 5.74) is 0.898. The van der Waals surface area contributed by atoms with Crippen LogP contribution in [0.2, 0.25) is 0 Å². The molecule has 1 aromatic heterocycles. The van der Waals surface area contributed by atoms with Gasteiger partial charge in [-0.3, -0.25) is 0 Å².